The summed E-state index contributed by atoms with van der Waals surface area (Å²) in [5.74, 6) is 0.719. The zero-order valence-corrected chi connectivity index (χ0v) is 9.06. The molecule has 14 heavy (non-hydrogen) atoms. The third-order valence-electron chi connectivity index (χ3n) is 1.82. The molecule has 0 aliphatic carbocycles. The van der Waals surface area contributed by atoms with Crippen LogP contribution < -0.4 is 5.73 Å². The van der Waals surface area contributed by atoms with Crippen molar-refractivity contribution in [2.45, 2.75) is 6.92 Å². The Balaban J connectivity index is 2.62. The summed E-state index contributed by atoms with van der Waals surface area (Å²) in [6.07, 6.45) is 0. The van der Waals surface area contributed by atoms with Crippen LogP contribution >= 0.6 is 15.9 Å². The fourth-order valence-corrected chi connectivity index (χ4v) is 1.56. The molecule has 0 fully saturated rings. The molecule has 2 rings (SSSR count). The van der Waals surface area contributed by atoms with Crippen molar-refractivity contribution in [3.63, 3.8) is 0 Å². The van der Waals surface area contributed by atoms with E-state index in [9.17, 15) is 0 Å². The largest absolute Gasteiger partial charge is 0.399 e. The summed E-state index contributed by atoms with van der Waals surface area (Å²) < 4.78 is 2.53. The van der Waals surface area contributed by atoms with Crippen LogP contribution in [0.25, 0.3) is 5.69 Å². The number of nitrogens with two attached hydrogens (primary N) is 1. The second kappa shape index (κ2) is 3.38. The Hall–Kier alpha value is -1.43. The summed E-state index contributed by atoms with van der Waals surface area (Å²) in [4.78, 5) is 0. The second-order valence-corrected chi connectivity index (χ2v) is 3.70. The van der Waals surface area contributed by atoms with E-state index >= 15 is 0 Å². The number of rotatable bonds is 1. The number of aryl methyl sites for hydroxylation is 1. The predicted octanol–water partition coefficient (Wildman–Crippen LogP) is 1.32. The highest BCUT2D eigenvalue weighted by Gasteiger charge is 2.07. The van der Waals surface area contributed by atoms with Gasteiger partial charge in [-0.2, -0.15) is 4.68 Å². The molecule has 0 aliphatic heterocycles. The molecule has 1 aromatic heterocycles. The van der Waals surface area contributed by atoms with E-state index in [0.717, 1.165) is 16.0 Å². The Morgan fingerprint density at radius 1 is 1.43 bits per heavy atom. The average molecular weight is 254 g/mol. The topological polar surface area (TPSA) is 69.6 Å². The molecule has 0 unspecified atom stereocenters. The normalized spacial score (nSPS) is 10.4. The lowest BCUT2D eigenvalue weighted by molar-refractivity contribution is 0.777. The van der Waals surface area contributed by atoms with Crippen molar-refractivity contribution in [2.75, 3.05) is 5.73 Å². The highest BCUT2D eigenvalue weighted by atomic mass is 79.9. The SMILES string of the molecule is Cc1nnnn1-c1cc(N)ccc1Br. The molecule has 0 saturated carbocycles. The lowest BCUT2D eigenvalue weighted by Gasteiger charge is -2.05. The fourth-order valence-electron chi connectivity index (χ4n) is 1.15. The molecule has 5 nitrogen and oxygen atoms in total. The molecule has 1 heterocycles. The number of tetrazole rings is 1. The third kappa shape index (κ3) is 1.48. The van der Waals surface area contributed by atoms with Crippen molar-refractivity contribution in [2.24, 2.45) is 0 Å². The van der Waals surface area contributed by atoms with Crippen molar-refractivity contribution >= 4 is 21.6 Å². The van der Waals surface area contributed by atoms with Gasteiger partial charge < -0.3 is 5.73 Å². The first-order chi connectivity index (χ1) is 6.68. The third-order valence-corrected chi connectivity index (χ3v) is 2.49. The van der Waals surface area contributed by atoms with Gasteiger partial charge in [0.2, 0.25) is 0 Å². The highest BCUT2D eigenvalue weighted by molar-refractivity contribution is 9.10. The number of benzene rings is 1. The van der Waals surface area contributed by atoms with Gasteiger partial charge >= 0.3 is 0 Å². The van der Waals surface area contributed by atoms with Crippen LogP contribution in [0.3, 0.4) is 0 Å². The quantitative estimate of drug-likeness (QED) is 0.779. The molecule has 0 radical (unpaired) electrons. The smallest absolute Gasteiger partial charge is 0.153 e. The maximum absolute atomic E-state index is 5.68. The highest BCUT2D eigenvalue weighted by Crippen LogP contribution is 2.22. The van der Waals surface area contributed by atoms with Gasteiger partial charge in [-0.15, -0.1) is 5.10 Å². The summed E-state index contributed by atoms with van der Waals surface area (Å²) in [5.41, 5.74) is 7.20. The lowest BCUT2D eigenvalue weighted by atomic mass is 10.3. The number of halogens is 1. The lowest BCUT2D eigenvalue weighted by Crippen LogP contribution is -2.01. The van der Waals surface area contributed by atoms with Crippen LogP contribution in [0, 0.1) is 6.92 Å². The number of nitrogen functional groups attached to an aromatic ring is 1. The molecule has 2 N–H and O–H groups in total. The summed E-state index contributed by atoms with van der Waals surface area (Å²) in [5, 5.41) is 11.2. The Kier molecular flexibility index (Phi) is 2.20. The molecule has 72 valence electrons. The van der Waals surface area contributed by atoms with Crippen LogP contribution in [-0.2, 0) is 0 Å². The number of aromatic nitrogens is 4. The number of hydrogen-bond acceptors (Lipinski definition) is 4. The number of hydrogen-bond donors (Lipinski definition) is 1. The Bertz CT molecular complexity index is 465. The van der Waals surface area contributed by atoms with E-state index in [4.69, 9.17) is 5.73 Å². The van der Waals surface area contributed by atoms with Gasteiger partial charge in [0.15, 0.2) is 5.82 Å². The predicted molar refractivity (Wildman–Crippen MR) is 56.0 cm³/mol. The summed E-state index contributed by atoms with van der Waals surface area (Å²) >= 11 is 3.41. The minimum atomic E-state index is 0.679. The fraction of sp³-hybridized carbons (Fsp3) is 0.125. The van der Waals surface area contributed by atoms with Gasteiger partial charge in [0.25, 0.3) is 0 Å². The van der Waals surface area contributed by atoms with E-state index in [1.165, 1.54) is 0 Å². The van der Waals surface area contributed by atoms with Gasteiger partial charge in [-0.3, -0.25) is 0 Å². The Morgan fingerprint density at radius 3 is 2.86 bits per heavy atom. The van der Waals surface area contributed by atoms with E-state index in [2.05, 4.69) is 31.5 Å². The molecule has 2 aromatic rings. The monoisotopic (exact) mass is 253 g/mol. The zero-order valence-electron chi connectivity index (χ0n) is 7.48. The first-order valence-electron chi connectivity index (χ1n) is 3.99. The molecular formula is C8H8BrN5. The van der Waals surface area contributed by atoms with Gasteiger partial charge in [0.05, 0.1) is 5.69 Å². The Labute approximate surface area is 89.0 Å². The molecule has 0 atom stereocenters. The van der Waals surface area contributed by atoms with Crippen molar-refractivity contribution in [1.29, 1.82) is 0 Å². The average Bonchev–Trinajstić information content (AvgIpc) is 2.56. The van der Waals surface area contributed by atoms with E-state index in [-0.39, 0.29) is 0 Å². The van der Waals surface area contributed by atoms with Gasteiger partial charge in [-0.05, 0) is 51.5 Å². The molecule has 0 aliphatic rings. The molecule has 0 spiro atoms. The van der Waals surface area contributed by atoms with Gasteiger partial charge in [-0.1, -0.05) is 0 Å². The van der Waals surface area contributed by atoms with Crippen LogP contribution in [0.2, 0.25) is 0 Å². The van der Waals surface area contributed by atoms with Crippen LogP contribution in [0.4, 0.5) is 5.69 Å². The maximum atomic E-state index is 5.68. The van der Waals surface area contributed by atoms with Gasteiger partial charge in [0.1, 0.15) is 0 Å². The van der Waals surface area contributed by atoms with E-state index in [1.807, 2.05) is 25.1 Å². The maximum Gasteiger partial charge on any atom is 0.153 e. The minimum absolute atomic E-state index is 0.679. The number of nitrogens with zero attached hydrogens (tertiary/aromatic N) is 4. The van der Waals surface area contributed by atoms with Crippen molar-refractivity contribution in [3.8, 4) is 5.69 Å². The molecule has 6 heteroatoms. The summed E-state index contributed by atoms with van der Waals surface area (Å²) in [6, 6.07) is 5.49. The second-order valence-electron chi connectivity index (χ2n) is 2.85. The molecule has 0 saturated heterocycles. The zero-order chi connectivity index (χ0) is 10.1. The van der Waals surface area contributed by atoms with Crippen LogP contribution in [-0.4, -0.2) is 20.2 Å². The summed E-state index contributed by atoms with van der Waals surface area (Å²) in [6.45, 7) is 1.83. The first-order valence-corrected chi connectivity index (χ1v) is 4.78. The van der Waals surface area contributed by atoms with Gasteiger partial charge in [-0.25, -0.2) is 0 Å². The number of anilines is 1. The van der Waals surface area contributed by atoms with Gasteiger partial charge in [0, 0.05) is 10.2 Å². The minimum Gasteiger partial charge on any atom is -0.399 e. The van der Waals surface area contributed by atoms with Crippen LogP contribution in [0.1, 0.15) is 5.82 Å². The Morgan fingerprint density at radius 2 is 2.21 bits per heavy atom. The van der Waals surface area contributed by atoms with Crippen LogP contribution in [0.15, 0.2) is 22.7 Å². The molecule has 0 bridgehead atoms. The standard InChI is InChI=1S/C8H8BrN5/c1-5-11-12-13-14(5)8-4-6(10)2-3-7(8)9/h2-4H,10H2,1H3. The van der Waals surface area contributed by atoms with Crippen LogP contribution in [0.5, 0.6) is 0 Å². The van der Waals surface area contributed by atoms with E-state index in [0.29, 0.717) is 5.69 Å². The van der Waals surface area contributed by atoms with Crippen molar-refractivity contribution in [1.82, 2.24) is 20.2 Å². The van der Waals surface area contributed by atoms with E-state index < -0.39 is 0 Å². The first kappa shape index (κ1) is 9.14. The molecule has 1 aromatic carbocycles. The molecular weight excluding hydrogens is 246 g/mol. The van der Waals surface area contributed by atoms with Crippen molar-refractivity contribution in [3.05, 3.63) is 28.5 Å². The van der Waals surface area contributed by atoms with Crippen molar-refractivity contribution < 1.29 is 0 Å². The molecule has 0 amide bonds. The summed E-state index contributed by atoms with van der Waals surface area (Å²) in [7, 11) is 0. The van der Waals surface area contributed by atoms with E-state index in [1.54, 1.807) is 4.68 Å².